The highest BCUT2D eigenvalue weighted by atomic mass is 79.9. The average Bonchev–Trinajstić information content (AvgIpc) is 3.07. The van der Waals surface area contributed by atoms with Crippen LogP contribution in [0.5, 0.6) is 0 Å². The zero-order valence-electron chi connectivity index (χ0n) is 11.3. The van der Waals surface area contributed by atoms with E-state index in [0.717, 1.165) is 18.4 Å². The molecule has 3 heterocycles. The van der Waals surface area contributed by atoms with Crippen molar-refractivity contribution in [2.45, 2.75) is 23.9 Å². The van der Waals surface area contributed by atoms with Gasteiger partial charge >= 0.3 is 0 Å². The summed E-state index contributed by atoms with van der Waals surface area (Å²) in [6, 6.07) is 3.55. The van der Waals surface area contributed by atoms with Crippen molar-refractivity contribution in [3.63, 3.8) is 0 Å². The Bertz CT molecular complexity index is 727. The molecule has 1 fully saturated rings. The molecule has 0 N–H and O–H groups in total. The van der Waals surface area contributed by atoms with Gasteiger partial charge in [-0.25, -0.2) is 13.1 Å². The summed E-state index contributed by atoms with van der Waals surface area (Å²) in [4.78, 5) is 3.98. The quantitative estimate of drug-likeness (QED) is 0.816. The van der Waals surface area contributed by atoms with Gasteiger partial charge in [-0.3, -0.25) is 4.98 Å². The molecule has 0 amide bonds. The van der Waals surface area contributed by atoms with Gasteiger partial charge in [0, 0.05) is 26.0 Å². The molecule has 0 spiro atoms. The fourth-order valence-electron chi connectivity index (χ4n) is 2.65. The Morgan fingerprint density at radius 2 is 2.05 bits per heavy atom. The Morgan fingerprint density at radius 3 is 2.67 bits per heavy atom. The van der Waals surface area contributed by atoms with Crippen LogP contribution < -0.4 is 0 Å². The van der Waals surface area contributed by atoms with E-state index in [4.69, 9.17) is 0 Å². The molecule has 0 bridgehead atoms. The van der Waals surface area contributed by atoms with Crippen molar-refractivity contribution < 1.29 is 8.42 Å². The number of sulfonamides is 1. The third kappa shape index (κ3) is 2.49. The predicted molar refractivity (Wildman–Crippen MR) is 78.8 cm³/mol. The van der Waals surface area contributed by atoms with Gasteiger partial charge in [-0.2, -0.15) is 4.31 Å². The molecule has 0 saturated carbocycles. The molecule has 21 heavy (non-hydrogen) atoms. The van der Waals surface area contributed by atoms with Crippen molar-refractivity contribution >= 4 is 26.0 Å². The lowest BCUT2D eigenvalue weighted by Gasteiger charge is -2.24. The van der Waals surface area contributed by atoms with Crippen LogP contribution in [0.2, 0.25) is 0 Å². The number of hydrogen-bond donors (Lipinski definition) is 0. The minimum Gasteiger partial charge on any atom is -0.265 e. The van der Waals surface area contributed by atoms with Crippen LogP contribution in [0.3, 0.4) is 0 Å². The third-order valence-electron chi connectivity index (χ3n) is 3.58. The molecule has 0 aromatic carbocycles. The number of pyridine rings is 1. The topological polar surface area (TPSA) is 81.0 Å². The minimum absolute atomic E-state index is 0.0865. The van der Waals surface area contributed by atoms with Crippen molar-refractivity contribution in [1.29, 1.82) is 0 Å². The van der Waals surface area contributed by atoms with E-state index in [2.05, 4.69) is 31.2 Å². The number of aryl methyl sites for hydroxylation is 1. The van der Waals surface area contributed by atoms with Crippen molar-refractivity contribution in [2.24, 2.45) is 7.05 Å². The van der Waals surface area contributed by atoms with E-state index in [0.29, 0.717) is 6.54 Å². The first kappa shape index (κ1) is 14.6. The summed E-state index contributed by atoms with van der Waals surface area (Å²) in [5.74, 6) is 0. The maximum absolute atomic E-state index is 12.9. The molecular weight excluding hydrogens is 358 g/mol. The maximum Gasteiger partial charge on any atom is 0.263 e. The monoisotopic (exact) mass is 371 g/mol. The second-order valence-electron chi connectivity index (χ2n) is 4.86. The number of rotatable bonds is 3. The molecule has 3 rings (SSSR count). The van der Waals surface area contributed by atoms with Gasteiger partial charge in [-0.15, -0.1) is 5.10 Å². The molecule has 1 unspecified atom stereocenters. The summed E-state index contributed by atoms with van der Waals surface area (Å²) in [6.07, 6.45) is 4.99. The van der Waals surface area contributed by atoms with Crippen LogP contribution in [0.1, 0.15) is 24.4 Å². The second kappa shape index (κ2) is 5.47. The van der Waals surface area contributed by atoms with Crippen LogP contribution in [-0.2, 0) is 17.1 Å². The number of aromatic nitrogens is 4. The van der Waals surface area contributed by atoms with Crippen molar-refractivity contribution in [2.75, 3.05) is 6.54 Å². The summed E-state index contributed by atoms with van der Waals surface area (Å²) in [5.41, 5.74) is 0.956. The Hall–Kier alpha value is -1.32. The Kier molecular flexibility index (Phi) is 3.80. The Morgan fingerprint density at radius 1 is 1.33 bits per heavy atom. The first-order valence-electron chi connectivity index (χ1n) is 6.49. The van der Waals surface area contributed by atoms with E-state index in [1.807, 2.05) is 12.1 Å². The van der Waals surface area contributed by atoms with Crippen molar-refractivity contribution in [3.8, 4) is 0 Å². The van der Waals surface area contributed by atoms with E-state index >= 15 is 0 Å². The summed E-state index contributed by atoms with van der Waals surface area (Å²) >= 11 is 3.17. The van der Waals surface area contributed by atoms with Crippen molar-refractivity contribution in [1.82, 2.24) is 24.3 Å². The van der Waals surface area contributed by atoms with E-state index < -0.39 is 10.0 Å². The molecule has 0 radical (unpaired) electrons. The largest absolute Gasteiger partial charge is 0.265 e. The summed E-state index contributed by atoms with van der Waals surface area (Å²) in [5, 5.41) is 7.61. The normalized spacial score (nSPS) is 20.0. The fraction of sp³-hybridized carbons (Fsp3) is 0.417. The summed E-state index contributed by atoms with van der Waals surface area (Å²) in [6.45, 7) is 0.493. The zero-order chi connectivity index (χ0) is 15.0. The van der Waals surface area contributed by atoms with Crippen LogP contribution in [0.15, 0.2) is 34.2 Å². The molecule has 9 heteroatoms. The van der Waals surface area contributed by atoms with Gasteiger partial charge in [-0.1, -0.05) is 5.21 Å². The molecule has 7 nitrogen and oxygen atoms in total. The first-order valence-corrected chi connectivity index (χ1v) is 8.72. The summed E-state index contributed by atoms with van der Waals surface area (Å²) < 4.78 is 28.8. The maximum atomic E-state index is 12.9. The molecule has 0 aliphatic carbocycles. The molecule has 1 atom stereocenters. The first-order chi connectivity index (χ1) is 10.0. The molecule has 2 aromatic heterocycles. The highest BCUT2D eigenvalue weighted by Crippen LogP contribution is 2.37. The molecule has 2 aromatic rings. The predicted octanol–water partition coefficient (Wildman–Crippen LogP) is 1.50. The van der Waals surface area contributed by atoms with E-state index in [9.17, 15) is 8.42 Å². The molecular formula is C12H14BrN5O2S. The average molecular weight is 372 g/mol. The van der Waals surface area contributed by atoms with Crippen LogP contribution >= 0.6 is 15.9 Å². The van der Waals surface area contributed by atoms with Crippen LogP contribution in [0, 0.1) is 0 Å². The zero-order valence-corrected chi connectivity index (χ0v) is 13.7. The van der Waals surface area contributed by atoms with Crippen LogP contribution in [0.4, 0.5) is 0 Å². The minimum atomic E-state index is -3.65. The van der Waals surface area contributed by atoms with Gasteiger partial charge in [0.1, 0.15) is 0 Å². The standard InChI is InChI=1S/C12H14BrN5O2S/c1-17-12(11(13)15-16-17)21(19,20)18-8-2-3-10(18)9-4-6-14-7-5-9/h4-7,10H,2-3,8H2,1H3. The lowest BCUT2D eigenvalue weighted by atomic mass is 10.1. The van der Waals surface area contributed by atoms with Crippen molar-refractivity contribution in [3.05, 3.63) is 34.7 Å². The molecule has 1 aliphatic heterocycles. The van der Waals surface area contributed by atoms with E-state index in [-0.39, 0.29) is 15.7 Å². The number of nitrogens with zero attached hydrogens (tertiary/aromatic N) is 5. The van der Waals surface area contributed by atoms with Gasteiger partial charge in [0.05, 0.1) is 6.04 Å². The molecule has 1 saturated heterocycles. The van der Waals surface area contributed by atoms with E-state index in [1.165, 1.54) is 8.99 Å². The van der Waals surface area contributed by atoms with Gasteiger partial charge in [0.25, 0.3) is 10.0 Å². The lowest BCUT2D eigenvalue weighted by molar-refractivity contribution is 0.391. The second-order valence-corrected chi connectivity index (χ2v) is 7.42. The highest BCUT2D eigenvalue weighted by molar-refractivity contribution is 9.10. The Labute approximate surface area is 131 Å². The summed E-state index contributed by atoms with van der Waals surface area (Å²) in [7, 11) is -2.08. The number of halogens is 1. The Balaban J connectivity index is 2.03. The van der Waals surface area contributed by atoms with Gasteiger partial charge in [0.15, 0.2) is 4.60 Å². The fourth-order valence-corrected chi connectivity index (χ4v) is 5.37. The number of hydrogen-bond acceptors (Lipinski definition) is 5. The van der Waals surface area contributed by atoms with E-state index in [1.54, 1.807) is 19.4 Å². The van der Waals surface area contributed by atoms with Crippen LogP contribution in [-0.4, -0.2) is 39.2 Å². The molecule has 1 aliphatic rings. The smallest absolute Gasteiger partial charge is 0.263 e. The van der Waals surface area contributed by atoms with Gasteiger partial charge in [0.2, 0.25) is 5.03 Å². The third-order valence-corrected chi connectivity index (χ3v) is 6.38. The van der Waals surface area contributed by atoms with Crippen LogP contribution in [0.25, 0.3) is 0 Å². The molecule has 112 valence electrons. The SMILES string of the molecule is Cn1nnc(Br)c1S(=O)(=O)N1CCCC1c1ccncc1. The highest BCUT2D eigenvalue weighted by Gasteiger charge is 2.39. The lowest BCUT2D eigenvalue weighted by Crippen LogP contribution is -2.32. The van der Waals surface area contributed by atoms with Gasteiger partial charge < -0.3 is 0 Å². The van der Waals surface area contributed by atoms with Gasteiger partial charge in [-0.05, 0) is 46.5 Å².